The number of nitrogens with one attached hydrogen (secondary N) is 1. The van der Waals surface area contributed by atoms with Crippen LogP contribution in [-0.4, -0.2) is 11.0 Å². The Balaban J connectivity index is 2.03. The number of nitro groups is 1. The van der Waals surface area contributed by atoms with Gasteiger partial charge in [0.15, 0.2) is 0 Å². The maximum absolute atomic E-state index is 11.0. The summed E-state index contributed by atoms with van der Waals surface area (Å²) < 4.78 is 5.26. The van der Waals surface area contributed by atoms with E-state index in [4.69, 9.17) is 16.0 Å². The van der Waals surface area contributed by atoms with Crippen molar-refractivity contribution in [1.29, 1.82) is 0 Å². The molecule has 0 radical (unpaired) electrons. The summed E-state index contributed by atoms with van der Waals surface area (Å²) in [6.07, 6.45) is 3.18. The number of aryl methyl sites for hydroxylation is 1. The van der Waals surface area contributed by atoms with E-state index in [9.17, 15) is 10.1 Å². The van der Waals surface area contributed by atoms with Crippen molar-refractivity contribution in [2.75, 3.05) is 5.32 Å². The van der Waals surface area contributed by atoms with Gasteiger partial charge < -0.3 is 9.73 Å². The van der Waals surface area contributed by atoms with Crippen LogP contribution < -0.4 is 5.32 Å². The zero-order chi connectivity index (χ0) is 14.5. The minimum absolute atomic E-state index is 0.0117. The number of nitrogens with zero attached hydrogens (tertiary/aromatic N) is 1. The van der Waals surface area contributed by atoms with Crippen molar-refractivity contribution >= 4 is 23.0 Å². The fourth-order valence-corrected chi connectivity index (χ4v) is 2.16. The lowest BCUT2D eigenvalue weighted by atomic mass is 10.1. The van der Waals surface area contributed by atoms with E-state index in [0.717, 1.165) is 18.6 Å². The number of nitro benzene ring substituents is 1. The predicted molar refractivity (Wildman–Crippen MR) is 78.2 cm³/mol. The quantitative estimate of drug-likeness (QED) is 0.638. The Morgan fingerprint density at radius 1 is 1.40 bits per heavy atom. The minimum Gasteiger partial charge on any atom is -0.469 e. The lowest BCUT2D eigenvalue weighted by Gasteiger charge is -2.15. The molecule has 6 heteroatoms. The maximum Gasteiger partial charge on any atom is 0.293 e. The highest BCUT2D eigenvalue weighted by atomic mass is 35.5. The molecule has 0 fully saturated rings. The van der Waals surface area contributed by atoms with Gasteiger partial charge in [-0.3, -0.25) is 10.1 Å². The second-order valence-corrected chi connectivity index (χ2v) is 4.96. The van der Waals surface area contributed by atoms with Gasteiger partial charge in [0.05, 0.1) is 16.2 Å². The van der Waals surface area contributed by atoms with Gasteiger partial charge >= 0.3 is 0 Å². The first-order valence-electron chi connectivity index (χ1n) is 6.29. The summed E-state index contributed by atoms with van der Waals surface area (Å²) in [7, 11) is 0. The summed E-state index contributed by atoms with van der Waals surface area (Å²) in [6.45, 7) is 1.95. The van der Waals surface area contributed by atoms with Crippen LogP contribution in [0.4, 0.5) is 11.4 Å². The maximum atomic E-state index is 11.0. The smallest absolute Gasteiger partial charge is 0.293 e. The van der Waals surface area contributed by atoms with Crippen LogP contribution in [0.3, 0.4) is 0 Å². The molecular weight excluding hydrogens is 280 g/mol. The number of rotatable bonds is 6. The zero-order valence-electron chi connectivity index (χ0n) is 11.0. The SMILES string of the molecule is CC(CCc1ccco1)Nc1c(Cl)cccc1[N+](=O)[O-]. The lowest BCUT2D eigenvalue weighted by Crippen LogP contribution is -2.17. The molecule has 0 aliphatic heterocycles. The molecular formula is C14H15ClN2O3. The van der Waals surface area contributed by atoms with Gasteiger partial charge in [-0.05, 0) is 31.5 Å². The minimum atomic E-state index is -0.437. The average Bonchev–Trinajstić information content (AvgIpc) is 2.91. The average molecular weight is 295 g/mol. The molecule has 0 saturated heterocycles. The van der Waals surface area contributed by atoms with E-state index < -0.39 is 4.92 Å². The van der Waals surface area contributed by atoms with Gasteiger partial charge in [-0.1, -0.05) is 17.7 Å². The highest BCUT2D eigenvalue weighted by Gasteiger charge is 2.18. The van der Waals surface area contributed by atoms with Crippen molar-refractivity contribution in [2.24, 2.45) is 0 Å². The molecule has 1 atom stereocenters. The third-order valence-electron chi connectivity index (χ3n) is 2.98. The summed E-state index contributed by atoms with van der Waals surface area (Å²) in [5, 5.41) is 14.5. The molecule has 0 saturated carbocycles. The Morgan fingerprint density at radius 2 is 2.20 bits per heavy atom. The normalized spacial score (nSPS) is 12.1. The molecule has 1 N–H and O–H groups in total. The Labute approximate surface area is 121 Å². The molecule has 0 aliphatic rings. The molecule has 2 rings (SSSR count). The van der Waals surface area contributed by atoms with Gasteiger partial charge in [0.2, 0.25) is 0 Å². The van der Waals surface area contributed by atoms with E-state index >= 15 is 0 Å². The van der Waals surface area contributed by atoms with Gasteiger partial charge in [-0.15, -0.1) is 0 Å². The van der Waals surface area contributed by atoms with Crippen LogP contribution in [0.25, 0.3) is 0 Å². The van der Waals surface area contributed by atoms with E-state index in [2.05, 4.69) is 5.32 Å². The number of benzene rings is 1. The van der Waals surface area contributed by atoms with Crippen molar-refractivity contribution in [1.82, 2.24) is 0 Å². The molecule has 20 heavy (non-hydrogen) atoms. The molecule has 0 amide bonds. The van der Waals surface area contributed by atoms with Crippen molar-refractivity contribution in [3.8, 4) is 0 Å². The van der Waals surface area contributed by atoms with Crippen molar-refractivity contribution in [3.63, 3.8) is 0 Å². The van der Waals surface area contributed by atoms with E-state index in [0.29, 0.717) is 10.7 Å². The summed E-state index contributed by atoms with van der Waals surface area (Å²) in [5.41, 5.74) is 0.355. The Hall–Kier alpha value is -2.01. The summed E-state index contributed by atoms with van der Waals surface area (Å²) in [6, 6.07) is 8.43. The van der Waals surface area contributed by atoms with Gasteiger partial charge in [-0.25, -0.2) is 0 Å². The summed E-state index contributed by atoms with van der Waals surface area (Å²) in [4.78, 5) is 10.6. The van der Waals surface area contributed by atoms with Crippen LogP contribution in [0.1, 0.15) is 19.1 Å². The van der Waals surface area contributed by atoms with Gasteiger partial charge in [0.1, 0.15) is 11.4 Å². The van der Waals surface area contributed by atoms with Crippen LogP contribution >= 0.6 is 11.6 Å². The first-order chi connectivity index (χ1) is 9.58. The van der Waals surface area contributed by atoms with Crippen LogP contribution in [0.5, 0.6) is 0 Å². The molecule has 0 bridgehead atoms. The van der Waals surface area contributed by atoms with Crippen LogP contribution in [-0.2, 0) is 6.42 Å². The van der Waals surface area contributed by atoms with Crippen LogP contribution in [0, 0.1) is 10.1 Å². The Morgan fingerprint density at radius 3 is 2.85 bits per heavy atom. The molecule has 106 valence electrons. The number of halogens is 1. The molecule has 0 spiro atoms. The summed E-state index contributed by atoms with van der Waals surface area (Å²) in [5.74, 6) is 0.896. The second-order valence-electron chi connectivity index (χ2n) is 4.55. The fraction of sp³-hybridized carbons (Fsp3) is 0.286. The molecule has 1 aromatic heterocycles. The largest absolute Gasteiger partial charge is 0.469 e. The molecule has 2 aromatic rings. The van der Waals surface area contributed by atoms with Crippen molar-refractivity contribution < 1.29 is 9.34 Å². The third kappa shape index (κ3) is 3.51. The lowest BCUT2D eigenvalue weighted by molar-refractivity contribution is -0.384. The van der Waals surface area contributed by atoms with E-state index in [-0.39, 0.29) is 11.7 Å². The van der Waals surface area contributed by atoms with Gasteiger partial charge in [0, 0.05) is 18.5 Å². The topological polar surface area (TPSA) is 68.3 Å². The number of para-hydroxylation sites is 1. The number of furan rings is 1. The molecule has 0 aliphatic carbocycles. The highest BCUT2D eigenvalue weighted by molar-refractivity contribution is 6.33. The zero-order valence-corrected chi connectivity index (χ0v) is 11.8. The molecule has 1 aromatic carbocycles. The standard InChI is InChI=1S/C14H15ClN2O3/c1-10(7-8-11-4-3-9-20-11)16-14-12(15)5-2-6-13(14)17(18)19/h2-6,9-10,16H,7-8H2,1H3. The predicted octanol–water partition coefficient (Wildman–Crippen LogP) is 4.27. The molecule has 1 heterocycles. The third-order valence-corrected chi connectivity index (χ3v) is 3.30. The van der Waals surface area contributed by atoms with Crippen molar-refractivity contribution in [2.45, 2.75) is 25.8 Å². The number of hydrogen-bond acceptors (Lipinski definition) is 4. The number of hydrogen-bond donors (Lipinski definition) is 1. The Bertz CT molecular complexity index is 584. The van der Waals surface area contributed by atoms with E-state index in [1.165, 1.54) is 6.07 Å². The van der Waals surface area contributed by atoms with E-state index in [1.54, 1.807) is 18.4 Å². The van der Waals surface area contributed by atoms with Gasteiger partial charge in [0.25, 0.3) is 5.69 Å². The first kappa shape index (κ1) is 14.4. The number of anilines is 1. The van der Waals surface area contributed by atoms with Crippen molar-refractivity contribution in [3.05, 3.63) is 57.5 Å². The summed E-state index contributed by atoms with van der Waals surface area (Å²) >= 11 is 6.03. The molecule has 5 nitrogen and oxygen atoms in total. The van der Waals surface area contributed by atoms with Crippen LogP contribution in [0.15, 0.2) is 41.0 Å². The van der Waals surface area contributed by atoms with Gasteiger partial charge in [-0.2, -0.15) is 0 Å². The Kier molecular flexibility index (Phi) is 4.63. The fourth-order valence-electron chi connectivity index (χ4n) is 1.94. The molecule has 1 unspecified atom stereocenters. The second kappa shape index (κ2) is 6.43. The van der Waals surface area contributed by atoms with E-state index in [1.807, 2.05) is 19.1 Å². The monoisotopic (exact) mass is 294 g/mol. The first-order valence-corrected chi connectivity index (χ1v) is 6.67. The highest BCUT2D eigenvalue weighted by Crippen LogP contribution is 2.32. The van der Waals surface area contributed by atoms with Crippen LogP contribution in [0.2, 0.25) is 5.02 Å².